The van der Waals surface area contributed by atoms with Gasteiger partial charge in [0.1, 0.15) is 27.6 Å². The second-order valence-corrected chi connectivity index (χ2v) is 10.3. The van der Waals surface area contributed by atoms with Crippen molar-refractivity contribution in [3.8, 4) is 6.07 Å². The van der Waals surface area contributed by atoms with Crippen LogP contribution >= 0.6 is 24.0 Å². The van der Waals surface area contributed by atoms with Crippen LogP contribution in [0.25, 0.3) is 6.08 Å². The number of anilines is 2. The second kappa shape index (κ2) is 10.8. The molecule has 2 aromatic rings. The quantitative estimate of drug-likeness (QED) is 0.415. The first kappa shape index (κ1) is 25.9. The molecule has 0 bridgehead atoms. The van der Waals surface area contributed by atoms with E-state index in [4.69, 9.17) is 12.2 Å². The number of rotatable bonds is 6. The number of thioether (sulfide) groups is 1. The Balaban J connectivity index is 1.77. The highest BCUT2D eigenvalue weighted by Gasteiger charge is 2.33. The Hall–Kier alpha value is -3.16. The van der Waals surface area contributed by atoms with Gasteiger partial charge in [-0.25, -0.2) is 4.39 Å². The largest absolute Gasteiger partial charge is 0.366 e. The third-order valence-corrected chi connectivity index (χ3v) is 7.91. The van der Waals surface area contributed by atoms with Crippen LogP contribution in [0.1, 0.15) is 37.0 Å². The van der Waals surface area contributed by atoms with Crippen LogP contribution in [0.3, 0.4) is 0 Å². The van der Waals surface area contributed by atoms with Gasteiger partial charge in [-0.05, 0) is 44.0 Å². The number of hydrogen-bond donors (Lipinski definition) is 0. The van der Waals surface area contributed by atoms with Crippen molar-refractivity contribution in [3.63, 3.8) is 0 Å². The Morgan fingerprint density at radius 2 is 1.81 bits per heavy atom. The standard InChI is InChI=1S/C26H28FN5O2S2/c1-4-10-32-25(34)22(36-26(32)35)15-18-17(3)19(16-28)24(33)31(5-2)23(18)30-13-11-29(12-14-30)21-9-7-6-8-20(21)27/h6-9,15H,4-5,10-14H2,1-3H3. The van der Waals surface area contributed by atoms with E-state index in [1.54, 1.807) is 34.6 Å². The zero-order valence-corrected chi connectivity index (χ0v) is 22.2. The van der Waals surface area contributed by atoms with Crippen LogP contribution in [0.15, 0.2) is 34.0 Å². The van der Waals surface area contributed by atoms with E-state index in [-0.39, 0.29) is 22.8 Å². The van der Waals surface area contributed by atoms with E-state index < -0.39 is 0 Å². The van der Waals surface area contributed by atoms with E-state index in [9.17, 15) is 19.2 Å². The minimum atomic E-state index is -0.347. The van der Waals surface area contributed by atoms with Crippen molar-refractivity contribution in [1.82, 2.24) is 9.47 Å². The highest BCUT2D eigenvalue weighted by molar-refractivity contribution is 8.26. The zero-order valence-electron chi connectivity index (χ0n) is 20.6. The molecule has 0 saturated carbocycles. The van der Waals surface area contributed by atoms with Crippen molar-refractivity contribution in [2.45, 2.75) is 33.7 Å². The molecule has 0 N–H and O–H groups in total. The predicted octanol–water partition coefficient (Wildman–Crippen LogP) is 4.13. The molecule has 36 heavy (non-hydrogen) atoms. The third-order valence-electron chi connectivity index (χ3n) is 6.53. The Bertz CT molecular complexity index is 1340. The molecule has 2 aliphatic rings. The van der Waals surface area contributed by atoms with Crippen molar-refractivity contribution in [1.29, 1.82) is 5.26 Å². The average molecular weight is 526 g/mol. The molecular weight excluding hydrogens is 497 g/mol. The van der Waals surface area contributed by atoms with Crippen molar-refractivity contribution in [2.24, 2.45) is 0 Å². The summed E-state index contributed by atoms with van der Waals surface area (Å²) < 4.78 is 16.5. The molecule has 2 fully saturated rings. The lowest BCUT2D eigenvalue weighted by molar-refractivity contribution is -0.122. The maximum atomic E-state index is 14.4. The number of pyridine rings is 1. The Morgan fingerprint density at radius 3 is 2.42 bits per heavy atom. The fourth-order valence-electron chi connectivity index (χ4n) is 4.69. The van der Waals surface area contributed by atoms with Gasteiger partial charge in [0.2, 0.25) is 0 Å². The van der Waals surface area contributed by atoms with Gasteiger partial charge in [0.25, 0.3) is 11.5 Å². The number of thiocarbonyl (C=S) groups is 1. The molecule has 0 spiro atoms. The first-order chi connectivity index (χ1) is 17.3. The van der Waals surface area contributed by atoms with Gasteiger partial charge in [0.15, 0.2) is 0 Å². The van der Waals surface area contributed by atoms with Gasteiger partial charge in [-0.15, -0.1) is 0 Å². The van der Waals surface area contributed by atoms with Crippen LogP contribution in [-0.4, -0.2) is 52.4 Å². The van der Waals surface area contributed by atoms with Crippen LogP contribution in [0.4, 0.5) is 15.9 Å². The number of carbonyl (C=O) groups is 1. The van der Waals surface area contributed by atoms with Gasteiger partial charge in [0.05, 0.1) is 10.6 Å². The predicted molar refractivity (Wildman–Crippen MR) is 147 cm³/mol. The van der Waals surface area contributed by atoms with Crippen molar-refractivity contribution >= 4 is 51.8 Å². The number of aromatic nitrogens is 1. The highest BCUT2D eigenvalue weighted by atomic mass is 32.2. The van der Waals surface area contributed by atoms with Crippen molar-refractivity contribution in [3.05, 3.63) is 62.0 Å². The monoisotopic (exact) mass is 525 g/mol. The SMILES string of the molecule is CCCN1C(=O)C(=Cc2c(C)c(C#N)c(=O)n(CC)c2N2CCN(c3ccccc3F)CC2)SC1=S. The molecule has 7 nitrogen and oxygen atoms in total. The molecule has 1 aromatic heterocycles. The minimum Gasteiger partial charge on any atom is -0.366 e. The molecule has 0 atom stereocenters. The molecule has 4 rings (SSSR count). The number of para-hydroxylation sites is 1. The maximum absolute atomic E-state index is 14.4. The summed E-state index contributed by atoms with van der Waals surface area (Å²) in [5.41, 5.74) is 1.49. The Morgan fingerprint density at radius 1 is 1.14 bits per heavy atom. The van der Waals surface area contributed by atoms with Gasteiger partial charge in [-0.3, -0.25) is 19.1 Å². The number of halogens is 1. The van der Waals surface area contributed by atoms with E-state index in [0.717, 1.165) is 6.42 Å². The van der Waals surface area contributed by atoms with E-state index >= 15 is 0 Å². The van der Waals surface area contributed by atoms with E-state index in [1.165, 1.54) is 17.8 Å². The summed E-state index contributed by atoms with van der Waals surface area (Å²) in [5, 5.41) is 9.76. The third kappa shape index (κ3) is 4.65. The first-order valence-corrected chi connectivity index (χ1v) is 13.2. The fraction of sp³-hybridized carbons (Fsp3) is 0.385. The fourth-order valence-corrected chi connectivity index (χ4v) is 5.98. The summed E-state index contributed by atoms with van der Waals surface area (Å²) in [6, 6.07) is 8.76. The molecule has 0 aliphatic carbocycles. The summed E-state index contributed by atoms with van der Waals surface area (Å²) in [7, 11) is 0. The van der Waals surface area contributed by atoms with Crippen LogP contribution in [0.2, 0.25) is 0 Å². The second-order valence-electron chi connectivity index (χ2n) is 8.66. The lowest BCUT2D eigenvalue weighted by atomic mass is 10.0. The van der Waals surface area contributed by atoms with Gasteiger partial charge in [-0.2, -0.15) is 5.26 Å². The van der Waals surface area contributed by atoms with Gasteiger partial charge in [0, 0.05) is 44.8 Å². The maximum Gasteiger partial charge on any atom is 0.270 e. The molecule has 0 radical (unpaired) electrons. The molecule has 2 aliphatic heterocycles. The number of piperazine rings is 1. The molecule has 10 heteroatoms. The number of amides is 1. The van der Waals surface area contributed by atoms with Gasteiger partial charge < -0.3 is 9.80 Å². The number of carbonyl (C=O) groups excluding carboxylic acids is 1. The lowest BCUT2D eigenvalue weighted by Gasteiger charge is -2.39. The minimum absolute atomic E-state index is 0.0703. The number of benzene rings is 1. The van der Waals surface area contributed by atoms with Crippen LogP contribution in [-0.2, 0) is 11.3 Å². The molecule has 2 saturated heterocycles. The molecule has 0 unspecified atom stereocenters. The lowest BCUT2D eigenvalue weighted by Crippen LogP contribution is -2.49. The summed E-state index contributed by atoms with van der Waals surface area (Å²) in [6.07, 6.45) is 2.56. The topological polar surface area (TPSA) is 72.6 Å². The normalized spacial score (nSPS) is 17.3. The molecule has 3 heterocycles. The number of nitriles is 1. The number of nitrogens with zero attached hydrogens (tertiary/aromatic N) is 5. The van der Waals surface area contributed by atoms with Crippen LogP contribution in [0.5, 0.6) is 0 Å². The first-order valence-electron chi connectivity index (χ1n) is 12.0. The van der Waals surface area contributed by atoms with E-state index in [2.05, 4.69) is 11.0 Å². The van der Waals surface area contributed by atoms with Crippen LogP contribution in [0, 0.1) is 24.1 Å². The highest BCUT2D eigenvalue weighted by Crippen LogP contribution is 2.36. The van der Waals surface area contributed by atoms with Gasteiger partial charge >= 0.3 is 0 Å². The molecular formula is C26H28FN5O2S2. The van der Waals surface area contributed by atoms with Gasteiger partial charge in [-0.1, -0.05) is 43.0 Å². The molecule has 1 aromatic carbocycles. The zero-order chi connectivity index (χ0) is 26.0. The number of hydrogen-bond acceptors (Lipinski definition) is 7. The van der Waals surface area contributed by atoms with E-state index in [1.807, 2.05) is 24.8 Å². The van der Waals surface area contributed by atoms with Crippen LogP contribution < -0.4 is 15.4 Å². The summed E-state index contributed by atoms with van der Waals surface area (Å²) >= 11 is 6.67. The van der Waals surface area contributed by atoms with E-state index in [0.29, 0.717) is 71.1 Å². The molecule has 188 valence electrons. The van der Waals surface area contributed by atoms with Crippen molar-refractivity contribution in [2.75, 3.05) is 42.5 Å². The molecule has 1 amide bonds. The Labute approximate surface area is 219 Å². The Kier molecular flexibility index (Phi) is 7.81. The average Bonchev–Trinajstić information content (AvgIpc) is 3.14. The summed E-state index contributed by atoms with van der Waals surface area (Å²) in [6.45, 7) is 8.75. The summed E-state index contributed by atoms with van der Waals surface area (Å²) in [4.78, 5) is 32.5. The smallest absolute Gasteiger partial charge is 0.270 e. The van der Waals surface area contributed by atoms with Crippen molar-refractivity contribution < 1.29 is 9.18 Å². The summed E-state index contributed by atoms with van der Waals surface area (Å²) in [5.74, 6) is 0.253.